The topological polar surface area (TPSA) is 52.0 Å². The SMILES string of the molecule is CCCCCCCCc1noc(N)c1-c1ccccc1C. The van der Waals surface area contributed by atoms with E-state index in [0.717, 1.165) is 29.7 Å². The van der Waals surface area contributed by atoms with Gasteiger partial charge >= 0.3 is 0 Å². The van der Waals surface area contributed by atoms with Crippen LogP contribution in [-0.2, 0) is 6.42 Å². The molecule has 0 amide bonds. The number of nitrogens with zero attached hydrogens (tertiary/aromatic N) is 1. The van der Waals surface area contributed by atoms with E-state index in [4.69, 9.17) is 10.3 Å². The number of anilines is 1. The van der Waals surface area contributed by atoms with Crippen LogP contribution < -0.4 is 5.73 Å². The van der Waals surface area contributed by atoms with Gasteiger partial charge in [0, 0.05) is 0 Å². The normalized spacial score (nSPS) is 11.0. The first-order valence-electron chi connectivity index (χ1n) is 8.04. The molecule has 0 saturated carbocycles. The highest BCUT2D eigenvalue weighted by Crippen LogP contribution is 2.32. The highest BCUT2D eigenvalue weighted by Gasteiger charge is 2.16. The molecule has 0 unspecified atom stereocenters. The first kappa shape index (κ1) is 15.6. The molecular formula is C18H26N2O. The Kier molecular flexibility index (Phi) is 5.85. The Morgan fingerprint density at radius 3 is 2.52 bits per heavy atom. The molecule has 2 rings (SSSR count). The minimum absolute atomic E-state index is 0.435. The third-order valence-electron chi connectivity index (χ3n) is 3.97. The monoisotopic (exact) mass is 286 g/mol. The van der Waals surface area contributed by atoms with Gasteiger partial charge in [-0.05, 0) is 30.9 Å². The van der Waals surface area contributed by atoms with Crippen LogP contribution in [0.3, 0.4) is 0 Å². The molecule has 0 aliphatic rings. The van der Waals surface area contributed by atoms with Crippen LogP contribution in [0.2, 0.25) is 0 Å². The minimum Gasteiger partial charge on any atom is -0.367 e. The number of hydrogen-bond acceptors (Lipinski definition) is 3. The third kappa shape index (κ3) is 4.10. The lowest BCUT2D eigenvalue weighted by Gasteiger charge is -2.06. The van der Waals surface area contributed by atoms with Crippen molar-refractivity contribution in [2.45, 2.75) is 58.8 Å². The van der Waals surface area contributed by atoms with Gasteiger partial charge in [0.05, 0.1) is 11.3 Å². The maximum absolute atomic E-state index is 5.98. The largest absolute Gasteiger partial charge is 0.367 e. The summed E-state index contributed by atoms with van der Waals surface area (Å²) in [7, 11) is 0. The average molecular weight is 286 g/mol. The second kappa shape index (κ2) is 7.87. The number of unbranched alkanes of at least 4 members (excludes halogenated alkanes) is 5. The van der Waals surface area contributed by atoms with Crippen molar-refractivity contribution in [1.82, 2.24) is 5.16 Å². The van der Waals surface area contributed by atoms with E-state index in [1.165, 1.54) is 37.7 Å². The Bertz CT molecular complexity index is 560. The van der Waals surface area contributed by atoms with Crippen molar-refractivity contribution in [3.63, 3.8) is 0 Å². The molecule has 0 spiro atoms. The van der Waals surface area contributed by atoms with Crippen LogP contribution in [0, 0.1) is 6.92 Å². The standard InChI is InChI=1S/C18H26N2O/c1-3-4-5-6-7-8-13-16-17(18(19)21-20-16)15-12-10-9-11-14(15)2/h9-12H,3-8,13,19H2,1-2H3. The van der Waals surface area contributed by atoms with Crippen LogP contribution in [0.15, 0.2) is 28.8 Å². The van der Waals surface area contributed by atoms with E-state index in [1.54, 1.807) is 0 Å². The predicted molar refractivity (Wildman–Crippen MR) is 88.2 cm³/mol. The van der Waals surface area contributed by atoms with Crippen molar-refractivity contribution in [3.8, 4) is 11.1 Å². The smallest absolute Gasteiger partial charge is 0.230 e. The number of hydrogen-bond donors (Lipinski definition) is 1. The Hall–Kier alpha value is -1.77. The van der Waals surface area contributed by atoms with E-state index in [-0.39, 0.29) is 0 Å². The fraction of sp³-hybridized carbons (Fsp3) is 0.500. The lowest BCUT2D eigenvalue weighted by molar-refractivity contribution is 0.425. The van der Waals surface area contributed by atoms with Crippen LogP contribution in [0.5, 0.6) is 0 Å². The molecule has 1 aromatic carbocycles. The molecule has 114 valence electrons. The highest BCUT2D eigenvalue weighted by atomic mass is 16.5. The summed E-state index contributed by atoms with van der Waals surface area (Å²) in [5.41, 5.74) is 10.3. The van der Waals surface area contributed by atoms with E-state index in [9.17, 15) is 0 Å². The number of benzene rings is 1. The average Bonchev–Trinajstić information content (AvgIpc) is 2.84. The zero-order chi connectivity index (χ0) is 15.1. The van der Waals surface area contributed by atoms with Crippen molar-refractivity contribution >= 4 is 5.88 Å². The number of aryl methyl sites for hydroxylation is 2. The van der Waals surface area contributed by atoms with E-state index >= 15 is 0 Å². The van der Waals surface area contributed by atoms with Crippen molar-refractivity contribution in [2.24, 2.45) is 0 Å². The fourth-order valence-electron chi connectivity index (χ4n) is 2.72. The van der Waals surface area contributed by atoms with Crippen LogP contribution in [0.25, 0.3) is 11.1 Å². The quantitative estimate of drug-likeness (QED) is 0.684. The Morgan fingerprint density at radius 1 is 1.05 bits per heavy atom. The summed E-state index contributed by atoms with van der Waals surface area (Å²) in [6.07, 6.45) is 8.61. The van der Waals surface area contributed by atoms with Gasteiger partial charge in [0.25, 0.3) is 0 Å². The second-order valence-corrected chi connectivity index (χ2v) is 5.70. The molecule has 0 radical (unpaired) electrons. The van der Waals surface area contributed by atoms with Crippen molar-refractivity contribution < 1.29 is 4.52 Å². The summed E-state index contributed by atoms with van der Waals surface area (Å²) in [5, 5.41) is 4.17. The molecule has 0 aliphatic carbocycles. The fourth-order valence-corrected chi connectivity index (χ4v) is 2.72. The van der Waals surface area contributed by atoms with Crippen LogP contribution >= 0.6 is 0 Å². The minimum atomic E-state index is 0.435. The third-order valence-corrected chi connectivity index (χ3v) is 3.97. The van der Waals surface area contributed by atoms with Gasteiger partial charge in [-0.25, -0.2) is 0 Å². The van der Waals surface area contributed by atoms with Crippen LogP contribution in [0.4, 0.5) is 5.88 Å². The van der Waals surface area contributed by atoms with E-state index in [0.29, 0.717) is 5.88 Å². The van der Waals surface area contributed by atoms with Gasteiger partial charge in [-0.15, -0.1) is 0 Å². The number of nitrogens with two attached hydrogens (primary N) is 1. The Morgan fingerprint density at radius 2 is 1.76 bits per heavy atom. The van der Waals surface area contributed by atoms with Crippen LogP contribution in [-0.4, -0.2) is 5.16 Å². The second-order valence-electron chi connectivity index (χ2n) is 5.70. The molecule has 2 N–H and O–H groups in total. The lowest BCUT2D eigenvalue weighted by atomic mass is 9.98. The summed E-state index contributed by atoms with van der Waals surface area (Å²) in [6, 6.07) is 8.25. The molecule has 21 heavy (non-hydrogen) atoms. The summed E-state index contributed by atoms with van der Waals surface area (Å²) in [6.45, 7) is 4.34. The first-order chi connectivity index (χ1) is 10.2. The summed E-state index contributed by atoms with van der Waals surface area (Å²) in [5.74, 6) is 0.435. The zero-order valence-corrected chi connectivity index (χ0v) is 13.2. The summed E-state index contributed by atoms with van der Waals surface area (Å²) < 4.78 is 5.23. The van der Waals surface area contributed by atoms with Gasteiger partial charge in [0.15, 0.2) is 0 Å². The summed E-state index contributed by atoms with van der Waals surface area (Å²) >= 11 is 0. The van der Waals surface area contributed by atoms with Gasteiger partial charge in [-0.3, -0.25) is 0 Å². The molecule has 0 aliphatic heterocycles. The molecule has 1 heterocycles. The van der Waals surface area contributed by atoms with Gasteiger partial charge in [0.2, 0.25) is 5.88 Å². The van der Waals surface area contributed by atoms with Crippen LogP contribution in [0.1, 0.15) is 56.7 Å². The van der Waals surface area contributed by atoms with Crippen molar-refractivity contribution in [2.75, 3.05) is 5.73 Å². The number of rotatable bonds is 8. The number of nitrogen functional groups attached to an aromatic ring is 1. The van der Waals surface area contributed by atoms with Crippen molar-refractivity contribution in [1.29, 1.82) is 0 Å². The Balaban J connectivity index is 2.00. The lowest BCUT2D eigenvalue weighted by Crippen LogP contribution is -1.93. The molecule has 1 aromatic heterocycles. The molecule has 0 saturated heterocycles. The van der Waals surface area contributed by atoms with Gasteiger partial charge in [-0.1, -0.05) is 68.4 Å². The van der Waals surface area contributed by atoms with Crippen molar-refractivity contribution in [3.05, 3.63) is 35.5 Å². The van der Waals surface area contributed by atoms with Gasteiger partial charge < -0.3 is 10.3 Å². The summed E-state index contributed by atoms with van der Waals surface area (Å²) in [4.78, 5) is 0. The molecule has 0 atom stereocenters. The molecular weight excluding hydrogens is 260 g/mol. The maximum Gasteiger partial charge on any atom is 0.230 e. The zero-order valence-electron chi connectivity index (χ0n) is 13.2. The molecule has 2 aromatic rings. The molecule has 0 fully saturated rings. The molecule has 3 nitrogen and oxygen atoms in total. The van der Waals surface area contributed by atoms with E-state index in [1.807, 2.05) is 12.1 Å². The van der Waals surface area contributed by atoms with E-state index < -0.39 is 0 Å². The van der Waals surface area contributed by atoms with E-state index in [2.05, 4.69) is 31.1 Å². The highest BCUT2D eigenvalue weighted by molar-refractivity contribution is 5.77. The van der Waals surface area contributed by atoms with Gasteiger partial charge in [0.1, 0.15) is 0 Å². The maximum atomic E-state index is 5.98. The Labute approximate surface area is 127 Å². The number of aromatic nitrogens is 1. The van der Waals surface area contributed by atoms with Gasteiger partial charge in [-0.2, -0.15) is 0 Å². The molecule has 3 heteroatoms. The predicted octanol–water partition coefficient (Wildman–Crippen LogP) is 5.14. The first-order valence-corrected chi connectivity index (χ1v) is 8.04. The molecule has 0 bridgehead atoms.